The van der Waals surface area contributed by atoms with Gasteiger partial charge < -0.3 is 20.7 Å². The monoisotopic (exact) mass is 492 g/mol. The Kier molecular flexibility index (Phi) is 7.37. The van der Waals surface area contributed by atoms with Gasteiger partial charge in [0.1, 0.15) is 17.2 Å². The number of benzene rings is 2. The minimum atomic E-state index is -4.73. The second-order valence-corrected chi connectivity index (χ2v) is 7.09. The molecule has 0 atom stereocenters. The molecule has 3 aromatic rings. The Hall–Kier alpha value is -4.12. The molecule has 3 amide bonds. The third-order valence-corrected chi connectivity index (χ3v) is 4.58. The average molecular weight is 493 g/mol. The maximum Gasteiger partial charge on any atom is 0.417 e. The lowest BCUT2D eigenvalue weighted by molar-refractivity contribution is -0.137. The molecule has 34 heavy (non-hydrogen) atoms. The SMILES string of the molecule is CNC(=O)c1cc(Oc2cccc(NC(=O)C(=O)Nc3ccc(Cl)c(C(F)(F)F)c3)c2)ccn1. The van der Waals surface area contributed by atoms with E-state index in [0.29, 0.717) is 11.8 Å². The van der Waals surface area contributed by atoms with E-state index >= 15 is 0 Å². The van der Waals surface area contributed by atoms with Crippen LogP contribution in [0.25, 0.3) is 0 Å². The minimum absolute atomic E-state index is 0.136. The van der Waals surface area contributed by atoms with Gasteiger partial charge in [-0.05, 0) is 36.4 Å². The molecule has 0 unspecified atom stereocenters. The summed E-state index contributed by atoms with van der Waals surface area (Å²) in [6, 6.07) is 11.7. The van der Waals surface area contributed by atoms with E-state index in [1.54, 1.807) is 12.1 Å². The fraction of sp³-hybridized carbons (Fsp3) is 0.0909. The van der Waals surface area contributed by atoms with Crippen molar-refractivity contribution in [3.8, 4) is 11.5 Å². The Morgan fingerprint density at radius 2 is 1.56 bits per heavy atom. The van der Waals surface area contributed by atoms with Crippen LogP contribution in [0.5, 0.6) is 11.5 Å². The summed E-state index contributed by atoms with van der Waals surface area (Å²) < 4.78 is 44.6. The van der Waals surface area contributed by atoms with E-state index in [2.05, 4.69) is 20.9 Å². The largest absolute Gasteiger partial charge is 0.457 e. The number of nitrogens with one attached hydrogen (secondary N) is 3. The summed E-state index contributed by atoms with van der Waals surface area (Å²) in [6.45, 7) is 0. The van der Waals surface area contributed by atoms with E-state index < -0.39 is 34.5 Å². The van der Waals surface area contributed by atoms with E-state index in [9.17, 15) is 27.6 Å². The van der Waals surface area contributed by atoms with E-state index in [1.165, 1.54) is 37.5 Å². The zero-order chi connectivity index (χ0) is 24.9. The van der Waals surface area contributed by atoms with Gasteiger partial charge in [0.15, 0.2) is 0 Å². The zero-order valence-corrected chi connectivity index (χ0v) is 18.1. The zero-order valence-electron chi connectivity index (χ0n) is 17.4. The predicted molar refractivity (Wildman–Crippen MR) is 118 cm³/mol. The Bertz CT molecular complexity index is 1250. The Balaban J connectivity index is 1.67. The summed E-state index contributed by atoms with van der Waals surface area (Å²) in [5, 5.41) is 6.32. The van der Waals surface area contributed by atoms with Crippen molar-refractivity contribution in [2.75, 3.05) is 17.7 Å². The normalized spacial score (nSPS) is 10.9. The highest BCUT2D eigenvalue weighted by Gasteiger charge is 2.33. The van der Waals surface area contributed by atoms with E-state index in [1.807, 2.05) is 0 Å². The number of alkyl halides is 3. The van der Waals surface area contributed by atoms with Crippen LogP contribution >= 0.6 is 11.6 Å². The number of pyridine rings is 1. The van der Waals surface area contributed by atoms with Gasteiger partial charge in [-0.1, -0.05) is 17.7 Å². The van der Waals surface area contributed by atoms with Gasteiger partial charge in [0, 0.05) is 36.8 Å². The quantitative estimate of drug-likeness (QED) is 0.455. The lowest BCUT2D eigenvalue weighted by atomic mass is 10.2. The maximum atomic E-state index is 13.0. The van der Waals surface area contributed by atoms with Crippen LogP contribution in [0.4, 0.5) is 24.5 Å². The first-order chi connectivity index (χ1) is 16.1. The van der Waals surface area contributed by atoms with Crippen LogP contribution in [-0.4, -0.2) is 29.8 Å². The molecule has 8 nitrogen and oxygen atoms in total. The summed E-state index contributed by atoms with van der Waals surface area (Å²) in [5.41, 5.74) is -1.08. The third kappa shape index (κ3) is 6.23. The first-order valence-corrected chi connectivity index (χ1v) is 9.90. The summed E-state index contributed by atoms with van der Waals surface area (Å²) in [4.78, 5) is 40.0. The lowest BCUT2D eigenvalue weighted by Gasteiger charge is -2.12. The molecule has 0 aliphatic heterocycles. The van der Waals surface area contributed by atoms with Gasteiger partial charge in [0.25, 0.3) is 5.91 Å². The molecule has 176 valence electrons. The van der Waals surface area contributed by atoms with E-state index in [0.717, 1.165) is 12.1 Å². The van der Waals surface area contributed by atoms with Gasteiger partial charge in [0.2, 0.25) is 0 Å². The van der Waals surface area contributed by atoms with Gasteiger partial charge >= 0.3 is 18.0 Å². The summed E-state index contributed by atoms with van der Waals surface area (Å²) in [6.07, 6.45) is -3.34. The van der Waals surface area contributed by atoms with Crippen molar-refractivity contribution in [2.45, 2.75) is 6.18 Å². The molecule has 2 aromatic carbocycles. The maximum absolute atomic E-state index is 13.0. The topological polar surface area (TPSA) is 109 Å². The third-order valence-electron chi connectivity index (χ3n) is 4.25. The molecule has 0 spiro atoms. The van der Waals surface area contributed by atoms with Gasteiger partial charge in [0.05, 0.1) is 10.6 Å². The van der Waals surface area contributed by atoms with Crippen molar-refractivity contribution in [2.24, 2.45) is 0 Å². The second-order valence-electron chi connectivity index (χ2n) is 6.69. The molecule has 0 fully saturated rings. The molecule has 0 saturated heterocycles. The van der Waals surface area contributed by atoms with Crippen molar-refractivity contribution in [1.29, 1.82) is 0 Å². The van der Waals surface area contributed by atoms with Crippen LogP contribution in [0.1, 0.15) is 16.1 Å². The van der Waals surface area contributed by atoms with Crippen molar-refractivity contribution < 1.29 is 32.3 Å². The van der Waals surface area contributed by atoms with Crippen LogP contribution < -0.4 is 20.7 Å². The van der Waals surface area contributed by atoms with Crippen LogP contribution in [0.3, 0.4) is 0 Å². The molecule has 3 N–H and O–H groups in total. The smallest absolute Gasteiger partial charge is 0.417 e. The average Bonchev–Trinajstić information content (AvgIpc) is 2.79. The summed E-state index contributed by atoms with van der Waals surface area (Å²) in [5.74, 6) is -2.13. The predicted octanol–water partition coefficient (Wildman–Crippen LogP) is 4.48. The number of amides is 3. The summed E-state index contributed by atoms with van der Waals surface area (Å²) in [7, 11) is 1.46. The van der Waals surface area contributed by atoms with Gasteiger partial charge in [-0.2, -0.15) is 13.2 Å². The van der Waals surface area contributed by atoms with Crippen molar-refractivity contribution >= 4 is 40.7 Å². The first-order valence-electron chi connectivity index (χ1n) is 9.52. The number of hydrogen-bond donors (Lipinski definition) is 3. The molecule has 0 bridgehead atoms. The number of anilines is 2. The van der Waals surface area contributed by atoms with Crippen molar-refractivity contribution in [3.05, 3.63) is 77.1 Å². The first kappa shape index (κ1) is 24.5. The Morgan fingerprint density at radius 3 is 2.21 bits per heavy atom. The number of hydrogen-bond acceptors (Lipinski definition) is 5. The fourth-order valence-corrected chi connectivity index (χ4v) is 2.92. The molecule has 0 saturated carbocycles. The fourth-order valence-electron chi connectivity index (χ4n) is 2.70. The standard InChI is InChI=1S/C22H16ClF3N4O4/c1-27-19(31)18-11-15(7-8-28-18)34-14-4-2-3-12(9-14)29-20(32)21(33)30-13-5-6-17(23)16(10-13)22(24,25)26/h2-11H,1H3,(H,27,31)(H,29,32)(H,30,33). The Morgan fingerprint density at radius 1 is 0.912 bits per heavy atom. The second kappa shape index (κ2) is 10.2. The van der Waals surface area contributed by atoms with E-state index in [-0.39, 0.29) is 22.8 Å². The lowest BCUT2D eigenvalue weighted by Crippen LogP contribution is -2.29. The number of nitrogens with zero attached hydrogens (tertiary/aromatic N) is 1. The summed E-state index contributed by atoms with van der Waals surface area (Å²) >= 11 is 5.54. The Labute approximate surface area is 196 Å². The highest BCUT2D eigenvalue weighted by atomic mass is 35.5. The van der Waals surface area contributed by atoms with Crippen LogP contribution in [0.2, 0.25) is 5.02 Å². The molecule has 0 aliphatic rings. The molecular weight excluding hydrogens is 477 g/mol. The number of carbonyl (C=O) groups is 3. The number of aromatic nitrogens is 1. The molecule has 3 rings (SSSR count). The van der Waals surface area contributed by atoms with E-state index in [4.69, 9.17) is 16.3 Å². The molecule has 0 radical (unpaired) electrons. The van der Waals surface area contributed by atoms with Crippen molar-refractivity contribution in [3.63, 3.8) is 0 Å². The van der Waals surface area contributed by atoms with Crippen LogP contribution in [0.15, 0.2) is 60.8 Å². The molecule has 1 heterocycles. The van der Waals surface area contributed by atoms with Gasteiger partial charge in [-0.15, -0.1) is 0 Å². The number of ether oxygens (including phenoxy) is 1. The van der Waals surface area contributed by atoms with Gasteiger partial charge in [-0.3, -0.25) is 19.4 Å². The van der Waals surface area contributed by atoms with Gasteiger partial charge in [-0.25, -0.2) is 0 Å². The van der Waals surface area contributed by atoms with Crippen LogP contribution in [-0.2, 0) is 15.8 Å². The molecule has 0 aliphatic carbocycles. The van der Waals surface area contributed by atoms with Crippen LogP contribution in [0, 0.1) is 0 Å². The highest BCUT2D eigenvalue weighted by Crippen LogP contribution is 2.36. The molecule has 12 heteroatoms. The minimum Gasteiger partial charge on any atom is -0.457 e. The number of carbonyl (C=O) groups excluding carboxylic acids is 3. The van der Waals surface area contributed by atoms with Crippen molar-refractivity contribution in [1.82, 2.24) is 10.3 Å². The molecule has 1 aromatic heterocycles. The number of halogens is 4. The highest BCUT2D eigenvalue weighted by molar-refractivity contribution is 6.43. The molecular formula is C22H16ClF3N4O4. The number of rotatable bonds is 5.